The van der Waals surface area contributed by atoms with E-state index in [0.717, 1.165) is 15.6 Å². The molecule has 0 radical (unpaired) electrons. The maximum Gasteiger partial charge on any atom is 0.362 e. The molecule has 0 bridgehead atoms. The summed E-state index contributed by atoms with van der Waals surface area (Å²) >= 11 is 0.846. The average molecular weight is 342 g/mol. The molecule has 0 saturated carbocycles. The molecule has 0 amide bonds. The summed E-state index contributed by atoms with van der Waals surface area (Å²) in [5.41, 5.74) is 0.409. The summed E-state index contributed by atoms with van der Waals surface area (Å²) < 4.78 is 33.9. The van der Waals surface area contributed by atoms with Gasteiger partial charge in [-0.15, -0.1) is 11.3 Å². The number of thiazole rings is 1. The zero-order valence-corrected chi connectivity index (χ0v) is 13.2. The summed E-state index contributed by atoms with van der Waals surface area (Å²) in [6.07, 6.45) is 0.381. The maximum atomic E-state index is 11.8. The van der Waals surface area contributed by atoms with E-state index >= 15 is 0 Å². The predicted molar refractivity (Wildman–Crippen MR) is 82.6 cm³/mol. The fraction of sp³-hybridized carbons (Fsp3) is 0.231. The van der Waals surface area contributed by atoms with Crippen molar-refractivity contribution in [3.8, 4) is 0 Å². The van der Waals surface area contributed by atoms with Crippen molar-refractivity contribution in [3.05, 3.63) is 47.0 Å². The monoisotopic (exact) mass is 342 g/mol. The molecule has 1 atom stereocenters. The minimum atomic E-state index is -4.60. The molecular formula is C13H14N2O5S2. The molecular weight excluding hydrogens is 328 g/mol. The highest BCUT2D eigenvalue weighted by Crippen LogP contribution is 2.34. The first-order valence-corrected chi connectivity index (χ1v) is 8.63. The first kappa shape index (κ1) is 16.4. The molecule has 2 rings (SSSR count). The highest BCUT2D eigenvalue weighted by atomic mass is 32.2. The van der Waals surface area contributed by atoms with Crippen molar-refractivity contribution in [1.29, 1.82) is 0 Å². The van der Waals surface area contributed by atoms with Gasteiger partial charge in [0.1, 0.15) is 0 Å². The molecule has 1 heterocycles. The number of carboxylic acid groups (broad SMARTS) is 1. The van der Waals surface area contributed by atoms with Crippen LogP contribution < -0.4 is 4.31 Å². The summed E-state index contributed by atoms with van der Waals surface area (Å²) in [7, 11) is -4.60. The van der Waals surface area contributed by atoms with Crippen molar-refractivity contribution in [2.75, 3.05) is 4.31 Å². The van der Waals surface area contributed by atoms with Crippen LogP contribution in [0, 0.1) is 0 Å². The Morgan fingerprint density at radius 2 is 2.00 bits per heavy atom. The predicted octanol–water partition coefficient (Wildman–Crippen LogP) is 2.60. The molecule has 0 aliphatic heterocycles. The summed E-state index contributed by atoms with van der Waals surface area (Å²) in [5.74, 6) is -1.26. The number of benzene rings is 1. The van der Waals surface area contributed by atoms with Crippen molar-refractivity contribution in [2.24, 2.45) is 0 Å². The number of anilines is 1. The van der Waals surface area contributed by atoms with E-state index in [9.17, 15) is 17.8 Å². The number of hydrogen-bond donors (Lipinski definition) is 2. The van der Waals surface area contributed by atoms with Gasteiger partial charge in [0, 0.05) is 5.38 Å². The molecule has 0 spiro atoms. The molecule has 9 heteroatoms. The smallest absolute Gasteiger partial charge is 0.362 e. The Hall–Kier alpha value is -1.97. The highest BCUT2D eigenvalue weighted by molar-refractivity contribution is 7.87. The second-order valence-corrected chi connectivity index (χ2v) is 6.55. The number of aromatic nitrogens is 1. The van der Waals surface area contributed by atoms with Crippen LogP contribution in [-0.4, -0.2) is 29.0 Å². The molecule has 1 aromatic heterocycles. The van der Waals surface area contributed by atoms with E-state index in [4.69, 9.17) is 5.11 Å². The standard InChI is InChI=1S/C13H14N2O5S2/c1-2-11(9-6-4-3-5-7-9)15(22(18,19)20)13-14-10(8-21-13)12(16)17/h3-8,11H,2H2,1H3,(H,16,17)(H,18,19,20). The van der Waals surface area contributed by atoms with Crippen LogP contribution in [0.3, 0.4) is 0 Å². The number of hydrogen-bond acceptors (Lipinski definition) is 5. The third kappa shape index (κ3) is 3.43. The normalized spacial score (nSPS) is 12.8. The Morgan fingerprint density at radius 1 is 1.36 bits per heavy atom. The average Bonchev–Trinajstić information content (AvgIpc) is 2.93. The largest absolute Gasteiger partial charge is 0.476 e. The lowest BCUT2D eigenvalue weighted by molar-refractivity contribution is 0.0691. The van der Waals surface area contributed by atoms with E-state index in [1.165, 1.54) is 5.38 Å². The second-order valence-electron chi connectivity index (χ2n) is 4.43. The van der Waals surface area contributed by atoms with Crippen LogP contribution in [0.5, 0.6) is 0 Å². The number of carbonyl (C=O) groups is 1. The van der Waals surface area contributed by atoms with Crippen LogP contribution in [0.1, 0.15) is 35.4 Å². The molecule has 7 nitrogen and oxygen atoms in total. The molecule has 1 aromatic carbocycles. The van der Waals surface area contributed by atoms with Gasteiger partial charge in [-0.3, -0.25) is 4.55 Å². The molecule has 22 heavy (non-hydrogen) atoms. The first-order chi connectivity index (χ1) is 10.3. The van der Waals surface area contributed by atoms with Crippen LogP contribution in [0.2, 0.25) is 0 Å². The van der Waals surface area contributed by atoms with Crippen LogP contribution >= 0.6 is 11.3 Å². The summed E-state index contributed by atoms with van der Waals surface area (Å²) in [6, 6.07) is 8.09. The number of rotatable bonds is 6. The molecule has 0 aliphatic rings. The Morgan fingerprint density at radius 3 is 2.45 bits per heavy atom. The van der Waals surface area contributed by atoms with Gasteiger partial charge in [-0.2, -0.15) is 8.42 Å². The SMILES string of the molecule is CCC(c1ccccc1)N(c1nc(C(=O)O)cs1)S(=O)(=O)O. The molecule has 118 valence electrons. The van der Waals surface area contributed by atoms with Gasteiger partial charge < -0.3 is 5.11 Å². The van der Waals surface area contributed by atoms with Crippen molar-refractivity contribution in [2.45, 2.75) is 19.4 Å². The van der Waals surface area contributed by atoms with Gasteiger partial charge >= 0.3 is 16.3 Å². The molecule has 0 aliphatic carbocycles. The van der Waals surface area contributed by atoms with Gasteiger partial charge in [0.15, 0.2) is 5.69 Å². The third-order valence-corrected chi connectivity index (χ3v) is 4.88. The first-order valence-electron chi connectivity index (χ1n) is 6.35. The van der Waals surface area contributed by atoms with E-state index < -0.39 is 22.3 Å². The topological polar surface area (TPSA) is 108 Å². The van der Waals surface area contributed by atoms with Crippen molar-refractivity contribution < 1.29 is 22.9 Å². The summed E-state index contributed by atoms with van der Waals surface area (Å²) in [6.45, 7) is 1.77. The molecule has 1 unspecified atom stereocenters. The van der Waals surface area contributed by atoms with Crippen LogP contribution in [-0.2, 0) is 10.3 Å². The van der Waals surface area contributed by atoms with E-state index in [1.807, 2.05) is 0 Å². The second kappa shape index (κ2) is 6.42. The summed E-state index contributed by atoms with van der Waals surface area (Å²) in [4.78, 5) is 14.7. The summed E-state index contributed by atoms with van der Waals surface area (Å²) in [5, 5.41) is 10.1. The third-order valence-electron chi connectivity index (χ3n) is 3.00. The molecule has 2 N–H and O–H groups in total. The van der Waals surface area contributed by atoms with Gasteiger partial charge in [-0.25, -0.2) is 14.1 Å². The highest BCUT2D eigenvalue weighted by Gasteiger charge is 2.31. The lowest BCUT2D eigenvalue weighted by Crippen LogP contribution is -2.34. The van der Waals surface area contributed by atoms with Crippen molar-refractivity contribution in [3.63, 3.8) is 0 Å². The molecule has 0 fully saturated rings. The van der Waals surface area contributed by atoms with Gasteiger partial charge in [0.2, 0.25) is 5.13 Å². The lowest BCUT2D eigenvalue weighted by atomic mass is 10.1. The van der Waals surface area contributed by atoms with Gasteiger partial charge in [0.25, 0.3) is 0 Å². The minimum absolute atomic E-state index is 0.0874. The Labute approximate surface area is 131 Å². The minimum Gasteiger partial charge on any atom is -0.476 e. The van der Waals surface area contributed by atoms with E-state index in [-0.39, 0.29) is 10.8 Å². The number of nitrogens with zero attached hydrogens (tertiary/aromatic N) is 2. The Kier molecular flexibility index (Phi) is 4.79. The zero-order valence-electron chi connectivity index (χ0n) is 11.6. The Bertz CT molecular complexity index is 758. The Balaban J connectivity index is 2.52. The van der Waals surface area contributed by atoms with Crippen molar-refractivity contribution in [1.82, 2.24) is 4.98 Å². The van der Waals surface area contributed by atoms with Crippen LogP contribution in [0.25, 0.3) is 0 Å². The van der Waals surface area contributed by atoms with Crippen LogP contribution in [0.15, 0.2) is 35.7 Å². The number of aromatic carboxylic acids is 1. The van der Waals surface area contributed by atoms with Gasteiger partial charge in [-0.1, -0.05) is 37.3 Å². The molecule has 0 saturated heterocycles. The molecule has 2 aromatic rings. The lowest BCUT2D eigenvalue weighted by Gasteiger charge is -2.27. The van der Waals surface area contributed by atoms with Crippen LogP contribution in [0.4, 0.5) is 5.13 Å². The fourth-order valence-corrected chi connectivity index (χ4v) is 4.06. The van der Waals surface area contributed by atoms with E-state index in [2.05, 4.69) is 4.98 Å². The maximum absolute atomic E-state index is 11.8. The quantitative estimate of drug-likeness (QED) is 0.781. The van der Waals surface area contributed by atoms with E-state index in [1.54, 1.807) is 37.3 Å². The van der Waals surface area contributed by atoms with E-state index in [0.29, 0.717) is 12.0 Å². The fourth-order valence-electron chi connectivity index (χ4n) is 2.07. The van der Waals surface area contributed by atoms with Gasteiger partial charge in [0.05, 0.1) is 6.04 Å². The van der Waals surface area contributed by atoms with Crippen molar-refractivity contribution >= 4 is 32.7 Å². The number of carboxylic acids is 1. The van der Waals surface area contributed by atoms with Gasteiger partial charge in [-0.05, 0) is 12.0 Å². The zero-order chi connectivity index (χ0) is 16.3.